The van der Waals surface area contributed by atoms with Gasteiger partial charge in [-0.3, -0.25) is 5.41 Å². The number of ether oxygens (including phenoxy) is 2. The lowest BCUT2D eigenvalue weighted by Gasteiger charge is -2.27. The largest absolute Gasteiger partial charge is 0.354 e. The molecule has 0 saturated heterocycles. The Labute approximate surface area is 244 Å². The fraction of sp³-hybridized carbons (Fsp3) is 0.250. The molecule has 9 nitrogen and oxygen atoms in total. The smallest absolute Gasteiger partial charge is 0.284 e. The predicted octanol–water partition coefficient (Wildman–Crippen LogP) is 5.11. The van der Waals surface area contributed by atoms with Gasteiger partial charge in [-0.1, -0.05) is 65.7 Å². The number of methoxy groups -OCH3 is 2. The Hall–Kier alpha value is -3.28. The van der Waals surface area contributed by atoms with Gasteiger partial charge in [0.2, 0.25) is 5.84 Å². The van der Waals surface area contributed by atoms with Crippen LogP contribution in [0.2, 0.25) is 10.0 Å². The molecule has 0 spiro atoms. The van der Waals surface area contributed by atoms with Crippen molar-refractivity contribution in [2.75, 3.05) is 34.4 Å². The first-order valence-electron chi connectivity index (χ1n) is 12.3. The zero-order valence-electron chi connectivity index (χ0n) is 22.2. The third kappa shape index (κ3) is 6.89. The number of amidine groups is 2. The van der Waals surface area contributed by atoms with Crippen molar-refractivity contribution in [3.8, 4) is 0 Å². The number of sulfonamides is 1. The van der Waals surface area contributed by atoms with E-state index in [1.165, 1.54) is 48.4 Å². The number of hydrogen-bond acceptors (Lipinski definition) is 6. The Morgan fingerprint density at radius 1 is 1.02 bits per heavy atom. The average molecular weight is 603 g/mol. The Balaban J connectivity index is 1.82. The lowest BCUT2D eigenvalue weighted by Crippen LogP contribution is -2.44. The molecule has 1 atom stereocenters. The second-order valence-corrected chi connectivity index (χ2v) is 11.5. The monoisotopic (exact) mass is 601 g/mol. The van der Waals surface area contributed by atoms with Crippen molar-refractivity contribution in [1.82, 2.24) is 9.91 Å². The highest BCUT2D eigenvalue weighted by molar-refractivity contribution is 7.90. The summed E-state index contributed by atoms with van der Waals surface area (Å²) in [6.45, 7) is 0.403. The number of benzene rings is 3. The fourth-order valence-corrected chi connectivity index (χ4v) is 5.42. The maximum Gasteiger partial charge on any atom is 0.284 e. The maximum absolute atomic E-state index is 13.4. The first-order chi connectivity index (χ1) is 19.1. The van der Waals surface area contributed by atoms with E-state index in [1.54, 1.807) is 19.2 Å². The molecule has 3 aromatic carbocycles. The number of hydrogen-bond donors (Lipinski definition) is 1. The van der Waals surface area contributed by atoms with E-state index in [1.807, 2.05) is 42.5 Å². The van der Waals surface area contributed by atoms with Crippen LogP contribution in [0.15, 0.2) is 93.3 Å². The summed E-state index contributed by atoms with van der Waals surface area (Å²) in [6, 6.07) is 22.7. The molecule has 0 radical (unpaired) electrons. The summed E-state index contributed by atoms with van der Waals surface area (Å²) in [6.07, 6.45) is -0.650. The summed E-state index contributed by atoms with van der Waals surface area (Å²) < 4.78 is 41.6. The van der Waals surface area contributed by atoms with Crippen LogP contribution in [-0.4, -0.2) is 76.4 Å². The minimum atomic E-state index is -4.23. The fourth-order valence-electron chi connectivity index (χ4n) is 4.18. The molecule has 0 fully saturated rings. The minimum absolute atomic E-state index is 0.0581. The molecule has 3 aromatic rings. The molecule has 0 saturated carbocycles. The average Bonchev–Trinajstić information content (AvgIpc) is 3.40. The summed E-state index contributed by atoms with van der Waals surface area (Å²) in [5.41, 5.74) is 2.50. The Bertz CT molecular complexity index is 1490. The molecular formula is C28H29Cl2N5O4S. The van der Waals surface area contributed by atoms with E-state index >= 15 is 0 Å². The van der Waals surface area contributed by atoms with Crippen molar-refractivity contribution in [1.29, 1.82) is 5.41 Å². The van der Waals surface area contributed by atoms with Gasteiger partial charge >= 0.3 is 0 Å². The predicted molar refractivity (Wildman–Crippen MR) is 158 cm³/mol. The number of hydrazone groups is 1. The third-order valence-electron chi connectivity index (χ3n) is 6.36. The number of halogens is 2. The first kappa shape index (κ1) is 29.7. The molecule has 1 aliphatic rings. The lowest BCUT2D eigenvalue weighted by molar-refractivity contribution is -0.107. The lowest BCUT2D eigenvalue weighted by atomic mass is 9.91. The molecule has 4 rings (SSSR count). The molecule has 0 amide bonds. The van der Waals surface area contributed by atoms with Crippen LogP contribution in [0.1, 0.15) is 17.0 Å². The van der Waals surface area contributed by atoms with Gasteiger partial charge in [0.15, 0.2) is 12.1 Å². The number of nitrogens with zero attached hydrogens (tertiary/aromatic N) is 4. The van der Waals surface area contributed by atoms with Crippen molar-refractivity contribution in [2.24, 2.45) is 9.50 Å². The van der Waals surface area contributed by atoms with Crippen LogP contribution in [-0.2, 0) is 19.5 Å². The van der Waals surface area contributed by atoms with Crippen molar-refractivity contribution in [3.63, 3.8) is 0 Å². The van der Waals surface area contributed by atoms with E-state index in [2.05, 4.69) is 4.40 Å². The van der Waals surface area contributed by atoms with Crippen LogP contribution in [0.3, 0.4) is 0 Å². The zero-order valence-corrected chi connectivity index (χ0v) is 24.5. The van der Waals surface area contributed by atoms with Crippen molar-refractivity contribution in [3.05, 3.63) is 100 Å². The van der Waals surface area contributed by atoms with Gasteiger partial charge in [-0.15, -0.1) is 4.40 Å². The molecule has 0 bridgehead atoms. The summed E-state index contributed by atoms with van der Waals surface area (Å²) in [5.74, 6) is -0.549. The van der Waals surface area contributed by atoms with E-state index in [0.717, 1.165) is 11.1 Å². The summed E-state index contributed by atoms with van der Waals surface area (Å²) in [4.78, 5) is 1.44. The van der Waals surface area contributed by atoms with E-state index in [-0.39, 0.29) is 35.6 Å². The quantitative estimate of drug-likeness (QED) is 0.218. The molecule has 1 N–H and O–H groups in total. The Morgan fingerprint density at radius 3 is 2.17 bits per heavy atom. The third-order valence-corrected chi connectivity index (χ3v) is 8.15. The molecule has 1 unspecified atom stereocenters. The summed E-state index contributed by atoms with van der Waals surface area (Å²) in [7, 11) is 0.371. The Morgan fingerprint density at radius 2 is 1.60 bits per heavy atom. The van der Waals surface area contributed by atoms with Gasteiger partial charge in [0.1, 0.15) is 0 Å². The summed E-state index contributed by atoms with van der Waals surface area (Å²) in [5, 5.41) is 16.2. The van der Waals surface area contributed by atoms with Crippen LogP contribution in [0, 0.1) is 5.41 Å². The second kappa shape index (κ2) is 12.9. The van der Waals surface area contributed by atoms with Crippen LogP contribution in [0.25, 0.3) is 0 Å². The van der Waals surface area contributed by atoms with Gasteiger partial charge in [-0.05, 0) is 47.5 Å². The van der Waals surface area contributed by atoms with Gasteiger partial charge < -0.3 is 14.4 Å². The van der Waals surface area contributed by atoms with Crippen molar-refractivity contribution >= 4 is 50.6 Å². The molecule has 0 aromatic heterocycles. The van der Waals surface area contributed by atoms with E-state index in [4.69, 9.17) is 43.2 Å². The molecular weight excluding hydrogens is 573 g/mol. The van der Waals surface area contributed by atoms with Crippen LogP contribution in [0.4, 0.5) is 0 Å². The van der Waals surface area contributed by atoms with Gasteiger partial charge in [0.05, 0.1) is 23.7 Å². The number of likely N-dealkylation sites (N-methyl/N-ethyl adjacent to an activating group) is 1. The number of nitrogens with one attached hydrogen (secondary N) is 1. The molecule has 40 heavy (non-hydrogen) atoms. The minimum Gasteiger partial charge on any atom is -0.354 e. The van der Waals surface area contributed by atoms with Gasteiger partial charge in [0, 0.05) is 37.2 Å². The molecule has 1 aliphatic heterocycles. The van der Waals surface area contributed by atoms with E-state index < -0.39 is 16.3 Å². The highest BCUT2D eigenvalue weighted by Gasteiger charge is 2.35. The van der Waals surface area contributed by atoms with Crippen molar-refractivity contribution in [2.45, 2.75) is 17.1 Å². The van der Waals surface area contributed by atoms with E-state index in [9.17, 15) is 8.42 Å². The SMILES string of the molecule is COC(CN(C)C(=N)/C(=N\S(=O)(=O)c1ccc(Cl)cc1)N1CC(c2ccccc2)C(c2ccc(Cl)cc2)=N1)OC. The van der Waals surface area contributed by atoms with Gasteiger partial charge in [0.25, 0.3) is 10.0 Å². The Kier molecular flexibility index (Phi) is 9.60. The van der Waals surface area contributed by atoms with Gasteiger partial charge in [-0.25, -0.2) is 5.01 Å². The highest BCUT2D eigenvalue weighted by Crippen LogP contribution is 2.30. The van der Waals surface area contributed by atoms with Crippen LogP contribution >= 0.6 is 23.2 Å². The number of rotatable bonds is 8. The maximum atomic E-state index is 13.4. The summed E-state index contributed by atoms with van der Waals surface area (Å²) >= 11 is 12.1. The zero-order chi connectivity index (χ0) is 28.9. The molecule has 210 valence electrons. The molecule has 12 heteroatoms. The molecule has 1 heterocycles. The molecule has 0 aliphatic carbocycles. The normalized spacial score (nSPS) is 15.8. The standard InChI is InChI=1S/C28H29Cl2N5O4S/c1-34(18-25(38-2)39-3)27(31)28(33-40(36,37)23-15-13-22(30)14-16-23)35-17-24(19-7-5-4-6-8-19)26(32-35)20-9-11-21(29)12-10-20/h4-16,24-25,31H,17-18H2,1-3H3/b31-27?,33-28+. The highest BCUT2D eigenvalue weighted by atomic mass is 35.5. The van der Waals surface area contributed by atoms with E-state index in [0.29, 0.717) is 15.8 Å². The van der Waals surface area contributed by atoms with Gasteiger partial charge in [-0.2, -0.15) is 13.5 Å². The topological polar surface area (TPSA) is 108 Å². The second-order valence-electron chi connectivity index (χ2n) is 9.01. The first-order valence-corrected chi connectivity index (χ1v) is 14.5. The van der Waals surface area contributed by atoms with Crippen LogP contribution < -0.4 is 0 Å². The van der Waals surface area contributed by atoms with Crippen molar-refractivity contribution < 1.29 is 17.9 Å². The van der Waals surface area contributed by atoms with Crippen LogP contribution in [0.5, 0.6) is 0 Å².